The van der Waals surface area contributed by atoms with Crippen LogP contribution in [-0.2, 0) is 6.42 Å². The molecule has 0 nitrogen and oxygen atoms in total. The van der Waals surface area contributed by atoms with Gasteiger partial charge in [0.2, 0.25) is 0 Å². The van der Waals surface area contributed by atoms with Gasteiger partial charge in [0.1, 0.15) is 0 Å². The molecule has 0 aliphatic carbocycles. The lowest BCUT2D eigenvalue weighted by Crippen LogP contribution is -1.90. The Balaban J connectivity index is 2.72. The summed E-state index contributed by atoms with van der Waals surface area (Å²) in [5, 5.41) is 0. The van der Waals surface area contributed by atoms with E-state index in [2.05, 4.69) is 41.1 Å². The van der Waals surface area contributed by atoms with Gasteiger partial charge in [-0.3, -0.25) is 0 Å². The van der Waals surface area contributed by atoms with Crippen LogP contribution in [0.5, 0.6) is 0 Å². The van der Waals surface area contributed by atoms with E-state index in [4.69, 9.17) is 11.6 Å². The van der Waals surface area contributed by atoms with Crippen LogP contribution in [0.25, 0.3) is 0 Å². The van der Waals surface area contributed by atoms with Crippen molar-refractivity contribution in [2.45, 2.75) is 19.8 Å². The van der Waals surface area contributed by atoms with E-state index in [-0.39, 0.29) is 0 Å². The molecule has 0 saturated heterocycles. The fraction of sp³-hybridized carbons (Fsp3) is 0.400. The second-order valence-electron chi connectivity index (χ2n) is 2.86. The maximum atomic E-state index is 5.63. The standard InChI is InChI=1S/C10H12BrCl/c1-8-7-10(11)5-4-9(8)3-2-6-12/h4-5,7H,2-3,6H2,1H3. The highest BCUT2D eigenvalue weighted by Gasteiger charge is 1.97. The number of benzene rings is 1. The third kappa shape index (κ3) is 2.80. The first-order chi connectivity index (χ1) is 5.74. The third-order valence-electron chi connectivity index (χ3n) is 1.88. The first kappa shape index (κ1) is 10.1. The first-order valence-corrected chi connectivity index (χ1v) is 5.38. The topological polar surface area (TPSA) is 0 Å². The summed E-state index contributed by atoms with van der Waals surface area (Å²) in [5.41, 5.74) is 2.74. The highest BCUT2D eigenvalue weighted by molar-refractivity contribution is 9.10. The molecule has 0 fully saturated rings. The van der Waals surface area contributed by atoms with Gasteiger partial charge >= 0.3 is 0 Å². The molecule has 0 N–H and O–H groups in total. The zero-order valence-corrected chi connectivity index (χ0v) is 9.45. The quantitative estimate of drug-likeness (QED) is 0.710. The van der Waals surface area contributed by atoms with E-state index >= 15 is 0 Å². The summed E-state index contributed by atoms with van der Waals surface area (Å²) >= 11 is 9.06. The van der Waals surface area contributed by atoms with Crippen molar-refractivity contribution in [1.82, 2.24) is 0 Å². The predicted octanol–water partition coefficient (Wildman–Crippen LogP) is 3.93. The van der Waals surface area contributed by atoms with Crippen LogP contribution in [0.15, 0.2) is 22.7 Å². The number of hydrogen-bond acceptors (Lipinski definition) is 0. The number of alkyl halides is 1. The zero-order chi connectivity index (χ0) is 8.97. The molecule has 0 amide bonds. The van der Waals surface area contributed by atoms with E-state index < -0.39 is 0 Å². The normalized spacial score (nSPS) is 10.2. The van der Waals surface area contributed by atoms with Crippen LogP contribution in [0.2, 0.25) is 0 Å². The predicted molar refractivity (Wildman–Crippen MR) is 57.9 cm³/mol. The van der Waals surface area contributed by atoms with E-state index in [9.17, 15) is 0 Å². The summed E-state index contributed by atoms with van der Waals surface area (Å²) in [6.07, 6.45) is 2.15. The fourth-order valence-corrected chi connectivity index (χ4v) is 1.81. The van der Waals surface area contributed by atoms with E-state index in [1.165, 1.54) is 11.1 Å². The molecule has 0 bridgehead atoms. The summed E-state index contributed by atoms with van der Waals surface area (Å²) in [6, 6.07) is 6.38. The molecule has 66 valence electrons. The van der Waals surface area contributed by atoms with Crippen LogP contribution >= 0.6 is 27.5 Å². The molecule has 1 aromatic carbocycles. The van der Waals surface area contributed by atoms with Gasteiger partial charge < -0.3 is 0 Å². The van der Waals surface area contributed by atoms with E-state index in [1.54, 1.807) is 0 Å². The van der Waals surface area contributed by atoms with Gasteiger partial charge in [-0.05, 0) is 43.0 Å². The molecule has 0 radical (unpaired) electrons. The van der Waals surface area contributed by atoms with E-state index in [1.807, 2.05) is 0 Å². The zero-order valence-electron chi connectivity index (χ0n) is 7.11. The minimum absolute atomic E-state index is 0.746. The van der Waals surface area contributed by atoms with Gasteiger partial charge in [0.15, 0.2) is 0 Å². The van der Waals surface area contributed by atoms with Crippen LogP contribution < -0.4 is 0 Å². The minimum atomic E-state index is 0.746. The van der Waals surface area contributed by atoms with E-state index in [0.717, 1.165) is 23.2 Å². The van der Waals surface area contributed by atoms with E-state index in [0.29, 0.717) is 0 Å². The highest BCUT2D eigenvalue weighted by atomic mass is 79.9. The molecule has 0 aliphatic rings. The third-order valence-corrected chi connectivity index (χ3v) is 2.64. The second-order valence-corrected chi connectivity index (χ2v) is 4.16. The van der Waals surface area contributed by atoms with Crippen LogP contribution in [-0.4, -0.2) is 5.88 Å². The minimum Gasteiger partial charge on any atom is -0.127 e. The fourth-order valence-electron chi connectivity index (χ4n) is 1.20. The number of halogens is 2. The van der Waals surface area contributed by atoms with Crippen molar-refractivity contribution < 1.29 is 0 Å². The molecule has 0 unspecified atom stereocenters. The monoisotopic (exact) mass is 246 g/mol. The molecule has 0 aromatic heterocycles. The van der Waals surface area contributed by atoms with Crippen molar-refractivity contribution in [2.24, 2.45) is 0 Å². The number of hydrogen-bond donors (Lipinski definition) is 0. The van der Waals surface area contributed by atoms with Crippen molar-refractivity contribution in [1.29, 1.82) is 0 Å². The largest absolute Gasteiger partial charge is 0.127 e. The number of aryl methyl sites for hydroxylation is 2. The molecular weight excluding hydrogens is 235 g/mol. The summed E-state index contributed by atoms with van der Waals surface area (Å²) in [5.74, 6) is 0.746. The van der Waals surface area contributed by atoms with Gasteiger partial charge in [-0.25, -0.2) is 0 Å². The average Bonchev–Trinajstić information content (AvgIpc) is 2.03. The Morgan fingerprint density at radius 2 is 2.17 bits per heavy atom. The summed E-state index contributed by atoms with van der Waals surface area (Å²) in [7, 11) is 0. The van der Waals surface area contributed by atoms with Crippen molar-refractivity contribution in [2.75, 3.05) is 5.88 Å². The second kappa shape index (κ2) is 4.88. The van der Waals surface area contributed by atoms with Crippen LogP contribution in [0.1, 0.15) is 17.5 Å². The molecule has 0 heterocycles. The summed E-state index contributed by atoms with van der Waals surface area (Å²) < 4.78 is 1.15. The Kier molecular flexibility index (Phi) is 4.10. The Bertz CT molecular complexity index is 258. The smallest absolute Gasteiger partial charge is 0.0226 e. The van der Waals surface area contributed by atoms with Gasteiger partial charge in [0.05, 0.1) is 0 Å². The lowest BCUT2D eigenvalue weighted by Gasteiger charge is -2.04. The first-order valence-electron chi connectivity index (χ1n) is 4.05. The van der Waals surface area contributed by atoms with Gasteiger partial charge in [0.25, 0.3) is 0 Å². The Labute approximate surface area is 87.1 Å². The highest BCUT2D eigenvalue weighted by Crippen LogP contribution is 2.17. The molecule has 1 aromatic rings. The van der Waals surface area contributed by atoms with Crippen molar-refractivity contribution in [3.8, 4) is 0 Å². The van der Waals surface area contributed by atoms with Gasteiger partial charge in [-0.15, -0.1) is 11.6 Å². The van der Waals surface area contributed by atoms with Gasteiger partial charge in [-0.1, -0.05) is 22.0 Å². The van der Waals surface area contributed by atoms with Crippen LogP contribution in [0.4, 0.5) is 0 Å². The van der Waals surface area contributed by atoms with Gasteiger partial charge in [-0.2, -0.15) is 0 Å². The summed E-state index contributed by atoms with van der Waals surface area (Å²) in [4.78, 5) is 0. The number of rotatable bonds is 3. The molecular formula is C10H12BrCl. The molecule has 12 heavy (non-hydrogen) atoms. The summed E-state index contributed by atoms with van der Waals surface area (Å²) in [6.45, 7) is 2.13. The van der Waals surface area contributed by atoms with Crippen molar-refractivity contribution >= 4 is 27.5 Å². The molecule has 2 heteroatoms. The molecule has 0 aliphatic heterocycles. The Morgan fingerprint density at radius 1 is 1.42 bits per heavy atom. The van der Waals surface area contributed by atoms with Crippen LogP contribution in [0, 0.1) is 6.92 Å². The van der Waals surface area contributed by atoms with Crippen molar-refractivity contribution in [3.63, 3.8) is 0 Å². The Hall–Kier alpha value is -0.0100. The molecule has 0 spiro atoms. The molecule has 1 rings (SSSR count). The molecule has 0 atom stereocenters. The lowest BCUT2D eigenvalue weighted by molar-refractivity contribution is 0.919. The SMILES string of the molecule is Cc1cc(Br)ccc1CCCCl. The van der Waals surface area contributed by atoms with Crippen molar-refractivity contribution in [3.05, 3.63) is 33.8 Å². The average molecular weight is 248 g/mol. The van der Waals surface area contributed by atoms with Crippen LogP contribution in [0.3, 0.4) is 0 Å². The van der Waals surface area contributed by atoms with Gasteiger partial charge in [0, 0.05) is 10.4 Å². The molecule has 0 saturated carbocycles. The maximum absolute atomic E-state index is 5.63. The lowest BCUT2D eigenvalue weighted by atomic mass is 10.1. The Morgan fingerprint density at radius 3 is 2.75 bits per heavy atom. The maximum Gasteiger partial charge on any atom is 0.0226 e.